The van der Waals surface area contributed by atoms with E-state index in [4.69, 9.17) is 7.74 Å². The van der Waals surface area contributed by atoms with Crippen LogP contribution < -0.4 is 0 Å². The van der Waals surface area contributed by atoms with Crippen LogP contribution in [0.2, 0.25) is 0 Å². The highest BCUT2D eigenvalue weighted by Gasteiger charge is 1.94. The summed E-state index contributed by atoms with van der Waals surface area (Å²) in [4.78, 5) is 10.4. The molecule has 3 radical (unpaired) electrons. The van der Waals surface area contributed by atoms with E-state index in [1.807, 2.05) is 6.92 Å². The van der Waals surface area contributed by atoms with Crippen molar-refractivity contribution in [1.82, 2.24) is 0 Å². The summed E-state index contributed by atoms with van der Waals surface area (Å²) in [5.41, 5.74) is 0.0480. The Morgan fingerprint density at radius 3 is 2.75 bits per heavy atom. The van der Waals surface area contributed by atoms with Crippen LogP contribution in [0.1, 0.15) is 26.2 Å². The molecule has 0 spiro atoms. The van der Waals surface area contributed by atoms with E-state index in [1.54, 1.807) is 0 Å². The molecular formula is C5H9B2O. The molecule has 0 aromatic heterocycles. The predicted octanol–water partition coefficient (Wildman–Crippen LogP) is 0.491. The van der Waals surface area contributed by atoms with E-state index < -0.39 is 0 Å². The maximum atomic E-state index is 10.4. The van der Waals surface area contributed by atoms with Crippen LogP contribution in [0.5, 0.6) is 0 Å². The van der Waals surface area contributed by atoms with Crippen LogP contribution in [0.3, 0.4) is 0 Å². The third kappa shape index (κ3) is 3.97. The molecule has 3 heteroatoms. The molecular weight excluding hydrogens is 97.7 g/mol. The SMILES string of the molecule is [B][B]C(=O)CCCC. The Hall–Kier alpha value is -0.200. The van der Waals surface area contributed by atoms with Gasteiger partial charge in [-0.15, -0.1) is 0 Å². The maximum absolute atomic E-state index is 10.4. The summed E-state index contributed by atoms with van der Waals surface area (Å²) < 4.78 is 0. The first-order valence-electron chi connectivity index (χ1n) is 2.89. The molecule has 0 bridgehead atoms. The summed E-state index contributed by atoms with van der Waals surface area (Å²) in [5, 5.41) is 0. The Balaban J connectivity index is 2.99. The monoisotopic (exact) mass is 107 g/mol. The van der Waals surface area contributed by atoms with Crippen LogP contribution in [0.25, 0.3) is 0 Å². The summed E-state index contributed by atoms with van der Waals surface area (Å²) in [5.74, 6) is 0. The molecule has 0 saturated heterocycles. The van der Waals surface area contributed by atoms with Gasteiger partial charge in [0, 0.05) is 7.74 Å². The molecule has 0 aliphatic heterocycles. The van der Waals surface area contributed by atoms with Gasteiger partial charge in [-0.2, -0.15) is 0 Å². The second kappa shape index (κ2) is 4.95. The minimum absolute atomic E-state index is 0.0480. The van der Waals surface area contributed by atoms with E-state index in [2.05, 4.69) is 0 Å². The predicted molar refractivity (Wildman–Crippen MR) is 36.0 cm³/mol. The van der Waals surface area contributed by atoms with E-state index in [9.17, 15) is 4.79 Å². The Morgan fingerprint density at radius 2 is 2.38 bits per heavy atom. The highest BCUT2D eigenvalue weighted by Crippen LogP contribution is 1.92. The van der Waals surface area contributed by atoms with Crippen LogP contribution >= 0.6 is 0 Å². The number of rotatable bonds is 4. The van der Waals surface area contributed by atoms with Gasteiger partial charge in [0.2, 0.25) is 0 Å². The van der Waals surface area contributed by atoms with Crippen molar-refractivity contribution in [2.75, 3.05) is 0 Å². The fourth-order valence-electron chi connectivity index (χ4n) is 0.434. The summed E-state index contributed by atoms with van der Waals surface area (Å²) in [6.45, 7) is 2.05. The van der Waals surface area contributed by atoms with Crippen LogP contribution in [-0.2, 0) is 4.79 Å². The van der Waals surface area contributed by atoms with E-state index in [0.29, 0.717) is 6.42 Å². The van der Waals surface area contributed by atoms with Crippen molar-refractivity contribution in [2.45, 2.75) is 26.2 Å². The van der Waals surface area contributed by atoms with E-state index in [1.165, 1.54) is 0 Å². The van der Waals surface area contributed by atoms with E-state index in [-0.39, 0.29) is 5.68 Å². The lowest BCUT2D eigenvalue weighted by Gasteiger charge is -1.90. The van der Waals surface area contributed by atoms with Gasteiger partial charge >= 0.3 is 0 Å². The van der Waals surface area contributed by atoms with Crippen LogP contribution in [-0.4, -0.2) is 20.6 Å². The van der Waals surface area contributed by atoms with Gasteiger partial charge in [-0.1, -0.05) is 13.3 Å². The minimum atomic E-state index is 0.0480. The number of carbonyl (C=O) groups is 1. The normalized spacial score (nSPS) is 8.62. The van der Waals surface area contributed by atoms with Crippen LogP contribution in [0, 0.1) is 0 Å². The first kappa shape index (κ1) is 7.80. The Labute approximate surface area is 52.5 Å². The van der Waals surface area contributed by atoms with Crippen LogP contribution in [0.4, 0.5) is 0 Å². The second-order valence-electron chi connectivity index (χ2n) is 1.74. The van der Waals surface area contributed by atoms with Gasteiger partial charge in [-0.05, 0) is 12.8 Å². The van der Waals surface area contributed by atoms with Crippen molar-refractivity contribution in [1.29, 1.82) is 0 Å². The second-order valence-corrected chi connectivity index (χ2v) is 1.74. The van der Waals surface area contributed by atoms with Gasteiger partial charge in [0.15, 0.2) is 0 Å². The van der Waals surface area contributed by atoms with Gasteiger partial charge in [-0.3, -0.25) is 0 Å². The zero-order chi connectivity index (χ0) is 6.41. The zero-order valence-electron chi connectivity index (χ0n) is 5.18. The summed E-state index contributed by atoms with van der Waals surface area (Å²) in [7, 11) is 6.07. The molecule has 0 heterocycles. The Bertz CT molecular complexity index is 72.8. The van der Waals surface area contributed by atoms with Crippen molar-refractivity contribution in [3.63, 3.8) is 0 Å². The lowest BCUT2D eigenvalue weighted by Crippen LogP contribution is -2.07. The molecule has 0 aliphatic rings. The summed E-state index contributed by atoms with van der Waals surface area (Å²) in [6.07, 6.45) is 2.61. The van der Waals surface area contributed by atoms with Gasteiger partial charge in [0.1, 0.15) is 7.17 Å². The largest absolute Gasteiger partial charge is 0.313 e. The molecule has 8 heavy (non-hydrogen) atoms. The van der Waals surface area contributed by atoms with E-state index >= 15 is 0 Å². The van der Waals surface area contributed by atoms with Crippen molar-refractivity contribution in [3.05, 3.63) is 0 Å². The molecule has 1 nitrogen and oxygen atoms in total. The van der Waals surface area contributed by atoms with Gasteiger partial charge < -0.3 is 4.79 Å². The molecule has 0 aromatic rings. The highest BCUT2D eigenvalue weighted by atomic mass is 16.1. The van der Waals surface area contributed by atoms with Crippen molar-refractivity contribution >= 4 is 20.6 Å². The first-order chi connectivity index (χ1) is 3.81. The van der Waals surface area contributed by atoms with Crippen molar-refractivity contribution < 1.29 is 4.79 Å². The molecule has 0 amide bonds. The average molecular weight is 107 g/mol. The molecule has 0 rings (SSSR count). The van der Waals surface area contributed by atoms with Gasteiger partial charge in [-0.25, -0.2) is 0 Å². The first-order valence-corrected chi connectivity index (χ1v) is 2.89. The number of hydrogen-bond acceptors (Lipinski definition) is 1. The highest BCUT2D eigenvalue weighted by molar-refractivity contribution is 7.08. The fraction of sp³-hybridized carbons (Fsp3) is 0.800. The average Bonchev–Trinajstić information content (AvgIpc) is 1.83. The molecule has 0 saturated carbocycles. The fourth-order valence-corrected chi connectivity index (χ4v) is 0.434. The maximum Gasteiger partial charge on any atom is 0.145 e. The molecule has 41 valence electrons. The molecule has 0 fully saturated rings. The van der Waals surface area contributed by atoms with Crippen molar-refractivity contribution in [3.8, 4) is 0 Å². The van der Waals surface area contributed by atoms with Crippen molar-refractivity contribution in [2.24, 2.45) is 0 Å². The third-order valence-corrected chi connectivity index (χ3v) is 0.963. The Kier molecular flexibility index (Phi) is 4.82. The number of unbranched alkanes of at least 4 members (excludes halogenated alkanes) is 1. The van der Waals surface area contributed by atoms with E-state index in [0.717, 1.165) is 20.0 Å². The molecule has 0 N–H and O–H groups in total. The standard InChI is InChI=1S/C5H9B2O/c1-2-3-4-5(8)7-6/h2-4H2,1H3. The summed E-state index contributed by atoms with van der Waals surface area (Å²) in [6, 6.07) is 0. The minimum Gasteiger partial charge on any atom is -0.313 e. The smallest absolute Gasteiger partial charge is 0.145 e. The van der Waals surface area contributed by atoms with Gasteiger partial charge in [0.05, 0.1) is 5.68 Å². The van der Waals surface area contributed by atoms with Gasteiger partial charge in [0.25, 0.3) is 0 Å². The zero-order valence-corrected chi connectivity index (χ0v) is 5.18. The molecule has 0 unspecified atom stereocenters. The molecule has 0 aromatic carbocycles. The van der Waals surface area contributed by atoms with Crippen LogP contribution in [0.15, 0.2) is 0 Å². The third-order valence-electron chi connectivity index (χ3n) is 0.963. The summed E-state index contributed by atoms with van der Waals surface area (Å²) >= 11 is 0. The Morgan fingerprint density at radius 1 is 1.75 bits per heavy atom. The molecule has 0 atom stereocenters. The lowest BCUT2D eigenvalue weighted by molar-refractivity contribution is -0.111. The number of carbonyl (C=O) groups excluding carboxylic acids is 1. The quantitative estimate of drug-likeness (QED) is 0.477. The topological polar surface area (TPSA) is 17.1 Å². The molecule has 0 aliphatic carbocycles. The lowest BCUT2D eigenvalue weighted by atomic mass is 9.52. The number of hydrogen-bond donors (Lipinski definition) is 0.